The predicted molar refractivity (Wildman–Crippen MR) is 79.9 cm³/mol. The van der Waals surface area contributed by atoms with Crippen molar-refractivity contribution in [1.29, 1.82) is 0 Å². The number of hydrogen-bond acceptors (Lipinski definition) is 5. The Labute approximate surface area is 122 Å². The van der Waals surface area contributed by atoms with Crippen LogP contribution in [0.1, 0.15) is 48.1 Å². The average molecular weight is 289 g/mol. The number of aryl methyl sites for hydroxylation is 1. The van der Waals surface area contributed by atoms with Crippen molar-refractivity contribution >= 4 is 16.5 Å². The Hall–Kier alpha value is -1.33. The summed E-state index contributed by atoms with van der Waals surface area (Å²) in [6, 6.07) is 4.80. The van der Waals surface area contributed by atoms with Gasteiger partial charge in [-0.15, -0.1) is 0 Å². The molecule has 0 aromatic carbocycles. The van der Waals surface area contributed by atoms with Crippen molar-refractivity contribution in [1.82, 2.24) is 4.98 Å². The van der Waals surface area contributed by atoms with Gasteiger partial charge in [-0.25, -0.2) is 4.98 Å². The SMILES string of the molecule is NC1CCCc2nc(N(Cc3ccco3)C3CC3)sc21. The number of aromatic nitrogens is 1. The van der Waals surface area contributed by atoms with Crippen LogP contribution in [0.2, 0.25) is 0 Å². The molecule has 0 bridgehead atoms. The van der Waals surface area contributed by atoms with Gasteiger partial charge in [-0.05, 0) is 44.2 Å². The van der Waals surface area contributed by atoms with E-state index >= 15 is 0 Å². The first-order valence-corrected chi connectivity index (χ1v) is 8.17. The molecule has 5 heteroatoms. The lowest BCUT2D eigenvalue weighted by Crippen LogP contribution is -2.24. The quantitative estimate of drug-likeness (QED) is 0.938. The summed E-state index contributed by atoms with van der Waals surface area (Å²) in [4.78, 5) is 8.57. The minimum absolute atomic E-state index is 0.190. The maximum atomic E-state index is 6.22. The molecule has 1 unspecified atom stereocenters. The predicted octanol–water partition coefficient (Wildman–Crippen LogP) is 3.24. The third-order valence-corrected chi connectivity index (χ3v) is 5.39. The summed E-state index contributed by atoms with van der Waals surface area (Å²) in [5.74, 6) is 1.01. The maximum absolute atomic E-state index is 6.22. The van der Waals surface area contributed by atoms with Gasteiger partial charge in [0.25, 0.3) is 0 Å². The number of fused-ring (bicyclic) bond motifs is 1. The van der Waals surface area contributed by atoms with E-state index in [-0.39, 0.29) is 6.04 Å². The molecule has 2 aliphatic rings. The second-order valence-electron chi connectivity index (χ2n) is 5.74. The highest BCUT2D eigenvalue weighted by molar-refractivity contribution is 7.15. The van der Waals surface area contributed by atoms with Crippen molar-refractivity contribution in [3.63, 3.8) is 0 Å². The van der Waals surface area contributed by atoms with Gasteiger partial charge >= 0.3 is 0 Å². The van der Waals surface area contributed by atoms with Crippen LogP contribution in [0.3, 0.4) is 0 Å². The first kappa shape index (κ1) is 12.4. The van der Waals surface area contributed by atoms with Gasteiger partial charge in [0, 0.05) is 17.0 Å². The largest absolute Gasteiger partial charge is 0.467 e. The molecule has 2 aromatic heterocycles. The van der Waals surface area contributed by atoms with Crippen molar-refractivity contribution < 1.29 is 4.42 Å². The van der Waals surface area contributed by atoms with Gasteiger partial charge in [0.2, 0.25) is 0 Å². The Bertz CT molecular complexity index is 588. The van der Waals surface area contributed by atoms with Gasteiger partial charge in [-0.3, -0.25) is 0 Å². The van der Waals surface area contributed by atoms with Crippen LogP contribution in [0.25, 0.3) is 0 Å². The van der Waals surface area contributed by atoms with E-state index in [1.807, 2.05) is 12.1 Å². The lowest BCUT2D eigenvalue weighted by atomic mass is 9.99. The van der Waals surface area contributed by atoms with Crippen LogP contribution in [-0.2, 0) is 13.0 Å². The zero-order valence-corrected chi connectivity index (χ0v) is 12.2. The molecule has 0 aliphatic heterocycles. The van der Waals surface area contributed by atoms with Crippen molar-refractivity contribution in [2.75, 3.05) is 4.90 Å². The molecule has 4 nitrogen and oxygen atoms in total. The highest BCUT2D eigenvalue weighted by Gasteiger charge is 2.33. The summed E-state index contributed by atoms with van der Waals surface area (Å²) in [6.45, 7) is 0.819. The van der Waals surface area contributed by atoms with E-state index < -0.39 is 0 Å². The molecule has 0 radical (unpaired) electrons. The molecule has 1 saturated carbocycles. The van der Waals surface area contributed by atoms with Crippen LogP contribution < -0.4 is 10.6 Å². The van der Waals surface area contributed by atoms with E-state index in [0.717, 1.165) is 30.3 Å². The smallest absolute Gasteiger partial charge is 0.186 e. The van der Waals surface area contributed by atoms with Gasteiger partial charge in [-0.1, -0.05) is 11.3 Å². The lowest BCUT2D eigenvalue weighted by Gasteiger charge is -2.20. The molecule has 1 atom stereocenters. The van der Waals surface area contributed by atoms with Gasteiger partial charge < -0.3 is 15.1 Å². The summed E-state index contributed by atoms with van der Waals surface area (Å²) in [7, 11) is 0. The molecule has 106 valence electrons. The Morgan fingerprint density at radius 1 is 1.40 bits per heavy atom. The first-order valence-electron chi connectivity index (χ1n) is 7.35. The summed E-state index contributed by atoms with van der Waals surface area (Å²) in [5, 5.41) is 1.13. The fourth-order valence-electron chi connectivity index (χ4n) is 2.87. The Morgan fingerprint density at radius 2 is 2.30 bits per heavy atom. The number of thiazole rings is 1. The molecule has 20 heavy (non-hydrogen) atoms. The molecule has 4 rings (SSSR count). The molecule has 0 spiro atoms. The molecule has 0 amide bonds. The number of anilines is 1. The summed E-state index contributed by atoms with van der Waals surface area (Å²) < 4.78 is 5.50. The zero-order chi connectivity index (χ0) is 13.5. The van der Waals surface area contributed by atoms with Gasteiger partial charge in [0.05, 0.1) is 18.5 Å². The number of hydrogen-bond donors (Lipinski definition) is 1. The van der Waals surface area contributed by atoms with Crippen LogP contribution in [0.4, 0.5) is 5.13 Å². The second-order valence-corrected chi connectivity index (χ2v) is 6.75. The van der Waals surface area contributed by atoms with Gasteiger partial charge in [0.15, 0.2) is 5.13 Å². The van der Waals surface area contributed by atoms with Crippen molar-refractivity contribution in [2.45, 2.75) is 50.7 Å². The minimum atomic E-state index is 0.190. The molecule has 2 N–H and O–H groups in total. The lowest BCUT2D eigenvalue weighted by molar-refractivity contribution is 0.501. The highest BCUT2D eigenvalue weighted by Crippen LogP contribution is 2.40. The average Bonchev–Trinajstić information content (AvgIpc) is 2.99. The third-order valence-electron chi connectivity index (χ3n) is 4.12. The molecule has 2 heterocycles. The monoisotopic (exact) mass is 289 g/mol. The standard InChI is InChI=1S/C15H19N3OS/c16-12-4-1-5-13-14(12)20-15(17-13)18(10-6-7-10)9-11-3-2-8-19-11/h2-3,8,10,12H,1,4-7,9,16H2. The van der Waals surface area contributed by atoms with E-state index in [1.165, 1.54) is 29.8 Å². The third kappa shape index (κ3) is 2.25. The number of rotatable bonds is 4. The fourth-order valence-corrected chi connectivity index (χ4v) is 4.09. The number of furan rings is 1. The summed E-state index contributed by atoms with van der Waals surface area (Å²) in [6.07, 6.45) is 7.60. The van der Waals surface area contributed by atoms with Crippen molar-refractivity contribution in [3.05, 3.63) is 34.7 Å². The Kier molecular flexibility index (Phi) is 3.04. The highest BCUT2D eigenvalue weighted by atomic mass is 32.1. The van der Waals surface area contributed by atoms with Crippen molar-refractivity contribution in [3.8, 4) is 0 Å². The van der Waals surface area contributed by atoms with Gasteiger partial charge in [-0.2, -0.15) is 0 Å². The molecular formula is C15H19N3OS. The Balaban J connectivity index is 1.63. The van der Waals surface area contributed by atoms with Gasteiger partial charge in [0.1, 0.15) is 5.76 Å². The zero-order valence-electron chi connectivity index (χ0n) is 11.4. The number of nitrogens with zero attached hydrogens (tertiary/aromatic N) is 2. The van der Waals surface area contributed by atoms with E-state index in [4.69, 9.17) is 15.1 Å². The molecular weight excluding hydrogens is 270 g/mol. The number of nitrogens with two attached hydrogens (primary N) is 1. The molecule has 2 aliphatic carbocycles. The maximum Gasteiger partial charge on any atom is 0.186 e. The topological polar surface area (TPSA) is 55.3 Å². The van der Waals surface area contributed by atoms with E-state index in [0.29, 0.717) is 6.04 Å². The summed E-state index contributed by atoms with van der Waals surface area (Å²) in [5.41, 5.74) is 7.45. The molecule has 1 fully saturated rings. The first-order chi connectivity index (χ1) is 9.81. The molecule has 0 saturated heterocycles. The van der Waals surface area contributed by atoms with Crippen LogP contribution in [-0.4, -0.2) is 11.0 Å². The van der Waals surface area contributed by atoms with Crippen LogP contribution in [0.15, 0.2) is 22.8 Å². The summed E-state index contributed by atoms with van der Waals surface area (Å²) >= 11 is 1.79. The fraction of sp³-hybridized carbons (Fsp3) is 0.533. The van der Waals surface area contributed by atoms with E-state index in [9.17, 15) is 0 Å². The normalized spacial score (nSPS) is 21.8. The van der Waals surface area contributed by atoms with Crippen LogP contribution in [0.5, 0.6) is 0 Å². The van der Waals surface area contributed by atoms with Crippen LogP contribution in [0, 0.1) is 0 Å². The Morgan fingerprint density at radius 3 is 3.00 bits per heavy atom. The van der Waals surface area contributed by atoms with E-state index in [2.05, 4.69) is 4.90 Å². The minimum Gasteiger partial charge on any atom is -0.467 e. The second kappa shape index (κ2) is 4.90. The van der Waals surface area contributed by atoms with Crippen molar-refractivity contribution in [2.24, 2.45) is 5.73 Å². The van der Waals surface area contributed by atoms with E-state index in [1.54, 1.807) is 17.6 Å². The van der Waals surface area contributed by atoms with Crippen LogP contribution >= 0.6 is 11.3 Å². The molecule has 2 aromatic rings.